The minimum absolute atomic E-state index is 0.0184. The van der Waals surface area contributed by atoms with Gasteiger partial charge in [-0.25, -0.2) is 4.79 Å². The Hall–Kier alpha value is -3.38. The summed E-state index contributed by atoms with van der Waals surface area (Å²) < 4.78 is 31.7. The fourth-order valence-corrected chi connectivity index (χ4v) is 8.40. The van der Waals surface area contributed by atoms with Crippen LogP contribution in [0.25, 0.3) is 0 Å². The zero-order valence-electron chi connectivity index (χ0n) is 34.2. The highest BCUT2D eigenvalue weighted by Gasteiger charge is 2.45. The van der Waals surface area contributed by atoms with Crippen molar-refractivity contribution in [3.05, 3.63) is 96.7 Å². The molecule has 0 amide bonds. The van der Waals surface area contributed by atoms with Crippen LogP contribution in [0, 0.1) is 17.8 Å². The van der Waals surface area contributed by atoms with Crippen molar-refractivity contribution in [2.75, 3.05) is 0 Å². The van der Waals surface area contributed by atoms with E-state index in [1.165, 1.54) is 6.08 Å². The van der Waals surface area contributed by atoms with Crippen LogP contribution in [0.15, 0.2) is 96.7 Å². The maximum Gasteiger partial charge on any atom is 0.331 e. The molecule has 10 nitrogen and oxygen atoms in total. The van der Waals surface area contributed by atoms with Crippen molar-refractivity contribution in [3.8, 4) is 0 Å². The van der Waals surface area contributed by atoms with Gasteiger partial charge in [0, 0.05) is 37.2 Å². The van der Waals surface area contributed by atoms with Crippen LogP contribution in [-0.2, 0) is 33.3 Å². The molecule has 6 aliphatic rings. The maximum atomic E-state index is 13.0. The highest BCUT2D eigenvalue weighted by molar-refractivity contribution is 5.82. The molecule has 3 fully saturated rings. The van der Waals surface area contributed by atoms with Crippen molar-refractivity contribution < 1.29 is 48.6 Å². The predicted octanol–water partition coefficient (Wildman–Crippen LogP) is 7.83. The molecule has 0 aromatic carbocycles. The molecule has 314 valence electrons. The number of carbonyl (C=O) groups excluding carboxylic acids is 1. The lowest BCUT2D eigenvalue weighted by molar-refractivity contribution is -0.148. The van der Waals surface area contributed by atoms with E-state index in [4.69, 9.17) is 28.8 Å². The van der Waals surface area contributed by atoms with Gasteiger partial charge in [0.15, 0.2) is 6.10 Å². The molecule has 7 bridgehead atoms. The number of hydrogen-bond acceptors (Lipinski definition) is 9. The average molecular weight is 791 g/mol. The summed E-state index contributed by atoms with van der Waals surface area (Å²) in [6.07, 6.45) is 33.0. The second-order valence-electron chi connectivity index (χ2n) is 16.5. The number of esters is 1. The summed E-state index contributed by atoms with van der Waals surface area (Å²) >= 11 is 0. The van der Waals surface area contributed by atoms with Gasteiger partial charge < -0.3 is 39.0 Å². The number of hydrogen-bond donors (Lipinski definition) is 3. The number of carboxylic acids is 1. The highest BCUT2D eigenvalue weighted by atomic mass is 16.6. The van der Waals surface area contributed by atoms with Crippen LogP contribution in [-0.4, -0.2) is 94.4 Å². The normalized spacial score (nSPS) is 38.7. The zero-order valence-corrected chi connectivity index (χ0v) is 34.2. The summed E-state index contributed by atoms with van der Waals surface area (Å²) in [6.45, 7) is 8.29. The predicted molar refractivity (Wildman–Crippen MR) is 220 cm³/mol. The van der Waals surface area contributed by atoms with E-state index in [1.807, 2.05) is 56.4 Å². The van der Waals surface area contributed by atoms with Gasteiger partial charge in [-0.2, -0.15) is 0 Å². The number of unbranched alkanes of at least 4 members (excludes halogenated alkanes) is 1. The molecule has 6 rings (SSSR count). The first kappa shape index (κ1) is 44.7. The molecule has 3 saturated heterocycles. The quantitative estimate of drug-likeness (QED) is 0.133. The molecular weight excluding hydrogens is 725 g/mol. The first-order valence-electron chi connectivity index (χ1n) is 21.2. The number of aliphatic carboxylic acids is 1. The van der Waals surface area contributed by atoms with Crippen LogP contribution in [0.3, 0.4) is 0 Å². The Morgan fingerprint density at radius 3 is 2.39 bits per heavy atom. The number of carbonyl (C=O) groups is 2. The standard InChI is InChI=1S/C47H66O10/c1-31(17-14-15-23-45(50)51)27-32(2)47-42-26-25-36(54-47)19-11-7-5-6-10-18-35(48)28-37-29-38(49)33(3)39(53-37)21-16-22-40-34(4)43-30-44(55-40)41(56-43)20-12-8-9-13-24-46(52)57-42/h7-13,16,18,20,22,24-27,31,33-44,47-49H,5-6,14-15,17,19,21,23,28-30H2,1-4H3,(H,50,51)/b9-8?,11-7+,18-10+,20-12?,22-16?,24-13?,32-27-. The lowest BCUT2D eigenvalue weighted by Crippen LogP contribution is -2.43. The average Bonchev–Trinajstić information content (AvgIpc) is 3.52. The van der Waals surface area contributed by atoms with E-state index in [9.17, 15) is 19.8 Å². The van der Waals surface area contributed by atoms with Gasteiger partial charge in [0.2, 0.25) is 0 Å². The van der Waals surface area contributed by atoms with Crippen molar-refractivity contribution in [3.63, 3.8) is 0 Å². The molecule has 57 heavy (non-hydrogen) atoms. The monoisotopic (exact) mass is 790 g/mol. The summed E-state index contributed by atoms with van der Waals surface area (Å²) in [5.74, 6) is -0.875. The van der Waals surface area contributed by atoms with E-state index in [0.717, 1.165) is 37.7 Å². The second kappa shape index (κ2) is 22.7. The van der Waals surface area contributed by atoms with Gasteiger partial charge in [-0.05, 0) is 69.4 Å². The van der Waals surface area contributed by atoms with Crippen molar-refractivity contribution >= 4 is 11.9 Å². The smallest absolute Gasteiger partial charge is 0.331 e. The van der Waals surface area contributed by atoms with Gasteiger partial charge in [0.05, 0.1) is 48.8 Å². The molecule has 0 aliphatic carbocycles. The first-order valence-corrected chi connectivity index (χ1v) is 21.2. The van der Waals surface area contributed by atoms with E-state index in [2.05, 4.69) is 44.2 Å². The van der Waals surface area contributed by atoms with E-state index >= 15 is 0 Å². The molecule has 0 radical (unpaired) electrons. The van der Waals surface area contributed by atoms with Gasteiger partial charge >= 0.3 is 11.9 Å². The third-order valence-corrected chi connectivity index (χ3v) is 11.8. The summed E-state index contributed by atoms with van der Waals surface area (Å²) in [5.41, 5.74) is 0.966. The summed E-state index contributed by atoms with van der Waals surface area (Å²) in [5, 5.41) is 30.7. The molecule has 0 spiro atoms. The van der Waals surface area contributed by atoms with E-state index in [0.29, 0.717) is 32.1 Å². The summed E-state index contributed by atoms with van der Waals surface area (Å²) in [6, 6.07) is 0. The van der Waals surface area contributed by atoms with E-state index < -0.39 is 36.4 Å². The molecule has 6 heterocycles. The number of carboxylic acid groups (broad SMARTS) is 1. The second-order valence-corrected chi connectivity index (χ2v) is 16.5. The van der Waals surface area contributed by atoms with Crippen LogP contribution in [0.1, 0.15) is 98.3 Å². The van der Waals surface area contributed by atoms with Gasteiger partial charge in [0.25, 0.3) is 0 Å². The Labute approximate surface area is 339 Å². The number of aliphatic hydroxyl groups excluding tert-OH is 2. The minimum atomic E-state index is -0.777. The Balaban J connectivity index is 1.27. The molecule has 14 unspecified atom stereocenters. The molecule has 10 heteroatoms. The van der Waals surface area contributed by atoms with E-state index in [-0.39, 0.29) is 66.9 Å². The third-order valence-electron chi connectivity index (χ3n) is 11.8. The zero-order chi connectivity index (χ0) is 40.7. The largest absolute Gasteiger partial charge is 0.481 e. The fraction of sp³-hybridized carbons (Fsp3) is 0.617. The van der Waals surface area contributed by atoms with Crippen LogP contribution < -0.4 is 0 Å². The third kappa shape index (κ3) is 14.1. The molecule has 0 saturated carbocycles. The van der Waals surface area contributed by atoms with Gasteiger partial charge in [-0.1, -0.05) is 106 Å². The number of ether oxygens (including phenoxy) is 5. The van der Waals surface area contributed by atoms with Gasteiger partial charge in [0.1, 0.15) is 12.2 Å². The lowest BCUT2D eigenvalue weighted by Gasteiger charge is -2.38. The van der Waals surface area contributed by atoms with E-state index in [1.54, 1.807) is 12.2 Å². The molecule has 0 aromatic heterocycles. The number of allylic oxidation sites excluding steroid dienone is 7. The highest BCUT2D eigenvalue weighted by Crippen LogP contribution is 2.38. The Morgan fingerprint density at radius 1 is 0.772 bits per heavy atom. The van der Waals surface area contributed by atoms with Crippen LogP contribution in [0.2, 0.25) is 0 Å². The number of rotatable bonds is 7. The number of aliphatic hydroxyl groups is 2. The summed E-state index contributed by atoms with van der Waals surface area (Å²) in [7, 11) is 0. The lowest BCUT2D eigenvalue weighted by atomic mass is 9.86. The molecule has 6 aliphatic heterocycles. The Morgan fingerprint density at radius 2 is 1.56 bits per heavy atom. The van der Waals surface area contributed by atoms with Crippen molar-refractivity contribution in [2.24, 2.45) is 17.8 Å². The molecule has 14 atom stereocenters. The number of fused-ring (bicyclic) bond motifs is 13. The fourth-order valence-electron chi connectivity index (χ4n) is 8.40. The summed E-state index contributed by atoms with van der Waals surface area (Å²) in [4.78, 5) is 23.9. The Bertz CT molecular complexity index is 1540. The minimum Gasteiger partial charge on any atom is -0.481 e. The van der Waals surface area contributed by atoms with Crippen LogP contribution in [0.5, 0.6) is 0 Å². The van der Waals surface area contributed by atoms with Crippen LogP contribution >= 0.6 is 0 Å². The van der Waals surface area contributed by atoms with Gasteiger partial charge in [-0.3, -0.25) is 4.79 Å². The maximum absolute atomic E-state index is 13.0. The Kier molecular flexibility index (Phi) is 17.8. The molecule has 3 N–H and O–H groups in total. The van der Waals surface area contributed by atoms with Crippen molar-refractivity contribution in [1.29, 1.82) is 0 Å². The molecule has 0 aromatic rings. The van der Waals surface area contributed by atoms with Crippen molar-refractivity contribution in [2.45, 2.75) is 165 Å². The van der Waals surface area contributed by atoms with Crippen molar-refractivity contribution in [1.82, 2.24) is 0 Å². The molecular formula is C47H66O10. The van der Waals surface area contributed by atoms with Crippen LogP contribution in [0.4, 0.5) is 0 Å². The first-order chi connectivity index (χ1) is 27.5. The SMILES string of the molecule is C/C(=C/C(C)CCCCC(=O)O)C1OC2C=CC1OC(=O)C=CC=CC=CC1OC3CC1OC(C=CCC1OC(CC(O)/C=C/CC/C=C/C2)CC(O)C1C)C3C. The van der Waals surface area contributed by atoms with Gasteiger partial charge in [-0.15, -0.1) is 0 Å². The topological polar surface area (TPSA) is 141 Å².